The number of fused-ring (bicyclic) bond motifs is 1. The zero-order valence-corrected chi connectivity index (χ0v) is 14.2. The monoisotopic (exact) mass is 331 g/mol. The molecular weight excluding hydrogens is 313 g/mol. The second kappa shape index (κ2) is 7.18. The number of aliphatic imine (C=N–C) groups is 1. The minimum absolute atomic E-state index is 0.315. The van der Waals surface area contributed by atoms with Crippen LogP contribution in [0, 0.1) is 12.7 Å². The molecule has 124 valence electrons. The van der Waals surface area contributed by atoms with Crippen molar-refractivity contribution in [1.29, 1.82) is 0 Å². The van der Waals surface area contributed by atoms with Crippen LogP contribution in [0.5, 0.6) is 0 Å². The number of aryl methyl sites for hydroxylation is 1. The van der Waals surface area contributed by atoms with Crippen molar-refractivity contribution in [2.75, 3.05) is 0 Å². The van der Waals surface area contributed by atoms with Crippen LogP contribution in [0.2, 0.25) is 0 Å². The first-order valence-corrected chi connectivity index (χ1v) is 7.98. The van der Waals surface area contributed by atoms with Gasteiger partial charge in [-0.25, -0.2) is 4.39 Å². The van der Waals surface area contributed by atoms with Crippen molar-refractivity contribution in [2.24, 2.45) is 4.99 Å². The molecule has 0 amide bonds. The summed E-state index contributed by atoms with van der Waals surface area (Å²) in [5.74, 6) is -0.315. The Kier molecular flexibility index (Phi) is 4.80. The van der Waals surface area contributed by atoms with E-state index in [-0.39, 0.29) is 5.82 Å². The van der Waals surface area contributed by atoms with Crippen molar-refractivity contribution >= 4 is 22.8 Å². The van der Waals surface area contributed by atoms with Crippen LogP contribution in [0.3, 0.4) is 0 Å². The molecule has 1 aromatic carbocycles. The number of rotatable bonds is 4. The smallest absolute Gasteiger partial charge is 0.123 e. The highest BCUT2D eigenvalue weighted by Crippen LogP contribution is 2.36. The first kappa shape index (κ1) is 16.7. The van der Waals surface area contributed by atoms with E-state index < -0.39 is 0 Å². The van der Waals surface area contributed by atoms with E-state index in [1.54, 1.807) is 24.6 Å². The fraction of sp³-hybridized carbons (Fsp3) is 0.0952. The lowest BCUT2D eigenvalue weighted by atomic mass is 9.95. The Labute approximate surface area is 146 Å². The SMILES string of the molecule is C=C/C=C(\N=CC)c1c(-c2ccccn2)c(C)nc2ccc(F)cc12. The molecule has 0 bridgehead atoms. The molecule has 0 spiro atoms. The number of benzene rings is 1. The van der Waals surface area contributed by atoms with Gasteiger partial charge < -0.3 is 0 Å². The second-order valence-electron chi connectivity index (χ2n) is 5.50. The average molecular weight is 331 g/mol. The number of hydrogen-bond acceptors (Lipinski definition) is 3. The van der Waals surface area contributed by atoms with E-state index in [1.165, 1.54) is 12.1 Å². The zero-order chi connectivity index (χ0) is 17.8. The fourth-order valence-corrected chi connectivity index (χ4v) is 2.89. The minimum Gasteiger partial charge on any atom is -0.261 e. The van der Waals surface area contributed by atoms with Crippen LogP contribution in [0.15, 0.2) is 66.3 Å². The maximum atomic E-state index is 14.0. The van der Waals surface area contributed by atoms with Crippen LogP contribution in [0.1, 0.15) is 18.2 Å². The Hall–Kier alpha value is -3.14. The van der Waals surface area contributed by atoms with Gasteiger partial charge in [0, 0.05) is 34.6 Å². The predicted molar refractivity (Wildman–Crippen MR) is 102 cm³/mol. The molecule has 0 aliphatic heterocycles. The maximum absolute atomic E-state index is 14.0. The number of pyridine rings is 2. The van der Waals surface area contributed by atoms with Crippen LogP contribution in [-0.2, 0) is 0 Å². The molecule has 4 heteroatoms. The Bertz CT molecular complexity index is 989. The molecule has 2 heterocycles. The molecule has 0 fully saturated rings. The first-order valence-electron chi connectivity index (χ1n) is 7.98. The summed E-state index contributed by atoms with van der Waals surface area (Å²) in [7, 11) is 0. The summed E-state index contributed by atoms with van der Waals surface area (Å²) in [6.07, 6.45) is 6.92. The molecule has 0 saturated carbocycles. The van der Waals surface area contributed by atoms with Crippen molar-refractivity contribution in [2.45, 2.75) is 13.8 Å². The van der Waals surface area contributed by atoms with Crippen molar-refractivity contribution in [3.63, 3.8) is 0 Å². The van der Waals surface area contributed by atoms with Gasteiger partial charge in [-0.3, -0.25) is 15.0 Å². The lowest BCUT2D eigenvalue weighted by molar-refractivity contribution is 0.629. The number of nitrogens with zero attached hydrogens (tertiary/aromatic N) is 3. The van der Waals surface area contributed by atoms with Gasteiger partial charge in [0.25, 0.3) is 0 Å². The zero-order valence-electron chi connectivity index (χ0n) is 14.2. The average Bonchev–Trinajstić information content (AvgIpc) is 2.61. The number of aromatic nitrogens is 2. The Morgan fingerprint density at radius 2 is 2.08 bits per heavy atom. The summed E-state index contributed by atoms with van der Waals surface area (Å²) in [4.78, 5) is 13.6. The van der Waals surface area contributed by atoms with Crippen LogP contribution < -0.4 is 0 Å². The lowest BCUT2D eigenvalue weighted by Gasteiger charge is -2.15. The summed E-state index contributed by atoms with van der Waals surface area (Å²) in [6.45, 7) is 7.54. The van der Waals surface area contributed by atoms with E-state index in [2.05, 4.69) is 21.5 Å². The number of allylic oxidation sites excluding steroid dienone is 2. The highest BCUT2D eigenvalue weighted by atomic mass is 19.1. The second-order valence-corrected chi connectivity index (χ2v) is 5.50. The highest BCUT2D eigenvalue weighted by Gasteiger charge is 2.18. The van der Waals surface area contributed by atoms with E-state index in [0.29, 0.717) is 11.1 Å². The van der Waals surface area contributed by atoms with Gasteiger partial charge in [-0.2, -0.15) is 0 Å². The van der Waals surface area contributed by atoms with E-state index in [9.17, 15) is 4.39 Å². The van der Waals surface area contributed by atoms with Gasteiger partial charge in [-0.1, -0.05) is 18.7 Å². The van der Waals surface area contributed by atoms with Gasteiger partial charge in [0.2, 0.25) is 0 Å². The van der Waals surface area contributed by atoms with Gasteiger partial charge >= 0.3 is 0 Å². The molecule has 3 nitrogen and oxygen atoms in total. The van der Waals surface area contributed by atoms with Gasteiger partial charge in [-0.05, 0) is 50.3 Å². The van der Waals surface area contributed by atoms with Gasteiger partial charge in [0.1, 0.15) is 5.82 Å². The van der Waals surface area contributed by atoms with E-state index in [4.69, 9.17) is 0 Å². The Balaban J connectivity index is 2.49. The predicted octanol–water partition coefficient (Wildman–Crippen LogP) is 5.36. The van der Waals surface area contributed by atoms with Crippen molar-refractivity contribution in [3.8, 4) is 11.3 Å². The fourth-order valence-electron chi connectivity index (χ4n) is 2.89. The molecule has 25 heavy (non-hydrogen) atoms. The standard InChI is InChI=1S/C21H18FN3/c1-4-8-18(23-5-2)21-16-13-15(22)10-11-17(16)25-14(3)20(21)19-9-6-7-12-24-19/h4-13H,1H2,2-3H3/b18-8-,23-5?. The molecule has 3 rings (SSSR count). The summed E-state index contributed by atoms with van der Waals surface area (Å²) < 4.78 is 14.0. The van der Waals surface area contributed by atoms with Gasteiger partial charge in [-0.15, -0.1) is 0 Å². The largest absolute Gasteiger partial charge is 0.261 e. The third-order valence-corrected chi connectivity index (χ3v) is 3.85. The van der Waals surface area contributed by atoms with E-state index in [0.717, 1.165) is 28.0 Å². The van der Waals surface area contributed by atoms with Crippen molar-refractivity contribution in [1.82, 2.24) is 9.97 Å². The topological polar surface area (TPSA) is 38.1 Å². The van der Waals surface area contributed by atoms with Crippen LogP contribution >= 0.6 is 0 Å². The maximum Gasteiger partial charge on any atom is 0.123 e. The third kappa shape index (κ3) is 3.24. The van der Waals surface area contributed by atoms with Crippen LogP contribution in [0.25, 0.3) is 27.9 Å². The molecule has 0 aliphatic carbocycles. The third-order valence-electron chi connectivity index (χ3n) is 3.85. The number of halogens is 1. The molecule has 3 aromatic rings. The quantitative estimate of drug-likeness (QED) is 0.476. The van der Waals surface area contributed by atoms with Crippen LogP contribution in [-0.4, -0.2) is 16.2 Å². The van der Waals surface area contributed by atoms with Crippen molar-refractivity contribution in [3.05, 3.63) is 78.4 Å². The molecule has 0 saturated heterocycles. The molecular formula is C21H18FN3. The summed E-state index contributed by atoms with van der Waals surface area (Å²) >= 11 is 0. The number of hydrogen-bond donors (Lipinski definition) is 0. The molecule has 0 atom stereocenters. The normalized spacial score (nSPS) is 12.0. The molecule has 2 aromatic heterocycles. The molecule has 0 unspecified atom stereocenters. The first-order chi connectivity index (χ1) is 12.2. The Morgan fingerprint density at radius 3 is 2.76 bits per heavy atom. The molecule has 0 radical (unpaired) electrons. The Morgan fingerprint density at radius 1 is 1.24 bits per heavy atom. The van der Waals surface area contributed by atoms with E-state index >= 15 is 0 Å². The van der Waals surface area contributed by atoms with Crippen LogP contribution in [0.4, 0.5) is 4.39 Å². The summed E-state index contributed by atoms with van der Waals surface area (Å²) in [6, 6.07) is 10.3. The molecule has 0 N–H and O–H groups in total. The highest BCUT2D eigenvalue weighted by molar-refractivity contribution is 5.99. The van der Waals surface area contributed by atoms with Gasteiger partial charge in [0.05, 0.1) is 16.9 Å². The van der Waals surface area contributed by atoms with Crippen molar-refractivity contribution < 1.29 is 4.39 Å². The summed E-state index contributed by atoms with van der Waals surface area (Å²) in [5.41, 5.74) is 4.65. The summed E-state index contributed by atoms with van der Waals surface area (Å²) in [5, 5.41) is 0.699. The van der Waals surface area contributed by atoms with E-state index in [1.807, 2.05) is 38.1 Å². The minimum atomic E-state index is -0.315. The molecule has 0 aliphatic rings. The lowest BCUT2D eigenvalue weighted by Crippen LogP contribution is -1.99. The van der Waals surface area contributed by atoms with Gasteiger partial charge in [0.15, 0.2) is 0 Å².